The van der Waals surface area contributed by atoms with Gasteiger partial charge in [-0.15, -0.1) is 0 Å². The van der Waals surface area contributed by atoms with Gasteiger partial charge in [-0.3, -0.25) is 4.90 Å². The number of likely N-dealkylation sites (tertiary alicyclic amines) is 1. The number of hydrogen-bond donors (Lipinski definition) is 1. The zero-order valence-electron chi connectivity index (χ0n) is 7.59. The first-order valence-electron chi connectivity index (χ1n) is 4.55. The fourth-order valence-corrected chi connectivity index (χ4v) is 1.75. The van der Waals surface area contributed by atoms with Gasteiger partial charge in [0.15, 0.2) is 5.82 Å². The first-order chi connectivity index (χ1) is 6.79. The molecule has 1 fully saturated rings. The predicted octanol–water partition coefficient (Wildman–Crippen LogP) is 1.27. The number of amides is 1. The molecule has 14 heavy (non-hydrogen) atoms. The second-order valence-electron chi connectivity index (χ2n) is 3.28. The van der Waals surface area contributed by atoms with Gasteiger partial charge in [-0.05, 0) is 19.3 Å². The average Bonchev–Trinajstić information content (AvgIpc) is 2.70. The lowest BCUT2D eigenvalue weighted by molar-refractivity contribution is 0.103. The van der Waals surface area contributed by atoms with Crippen molar-refractivity contribution in [3.8, 4) is 0 Å². The number of hydrogen-bond acceptors (Lipinski definition) is 4. The highest BCUT2D eigenvalue weighted by atomic mass is 16.5. The third-order valence-corrected chi connectivity index (χ3v) is 2.42. The van der Waals surface area contributed by atoms with Gasteiger partial charge in [0.1, 0.15) is 0 Å². The van der Waals surface area contributed by atoms with Crippen molar-refractivity contribution in [1.82, 2.24) is 15.0 Å². The first kappa shape index (κ1) is 8.98. The summed E-state index contributed by atoms with van der Waals surface area (Å²) in [6.07, 6.45) is 2.99. The van der Waals surface area contributed by atoms with Crippen LogP contribution in [0.5, 0.6) is 0 Å². The highest BCUT2D eigenvalue weighted by Crippen LogP contribution is 2.28. The molecule has 76 valence electrons. The monoisotopic (exact) mass is 197 g/mol. The molecule has 6 nitrogen and oxygen atoms in total. The van der Waals surface area contributed by atoms with Gasteiger partial charge in [0.05, 0.1) is 6.04 Å². The Morgan fingerprint density at radius 3 is 3.14 bits per heavy atom. The molecule has 0 aromatic carbocycles. The third-order valence-electron chi connectivity index (χ3n) is 2.42. The van der Waals surface area contributed by atoms with Gasteiger partial charge in [0, 0.05) is 6.54 Å². The van der Waals surface area contributed by atoms with Crippen LogP contribution in [0.2, 0.25) is 0 Å². The van der Waals surface area contributed by atoms with E-state index in [0.717, 1.165) is 19.3 Å². The van der Waals surface area contributed by atoms with Crippen molar-refractivity contribution >= 4 is 6.09 Å². The summed E-state index contributed by atoms with van der Waals surface area (Å²) in [5.41, 5.74) is 0. The third kappa shape index (κ3) is 1.55. The van der Waals surface area contributed by atoms with Crippen molar-refractivity contribution in [2.45, 2.75) is 25.3 Å². The first-order valence-corrected chi connectivity index (χ1v) is 4.55. The minimum atomic E-state index is -0.917. The summed E-state index contributed by atoms with van der Waals surface area (Å²) in [6, 6.07) is -0.236. The van der Waals surface area contributed by atoms with E-state index in [1.807, 2.05) is 0 Å². The lowest BCUT2D eigenvalue weighted by Crippen LogP contribution is -2.37. The highest BCUT2D eigenvalue weighted by Gasteiger charge is 2.30. The molecular weight excluding hydrogens is 186 g/mol. The van der Waals surface area contributed by atoms with E-state index < -0.39 is 6.09 Å². The number of piperidine rings is 1. The van der Waals surface area contributed by atoms with Crippen LogP contribution in [0.15, 0.2) is 10.9 Å². The van der Waals surface area contributed by atoms with Crippen LogP contribution in [0.1, 0.15) is 31.1 Å². The summed E-state index contributed by atoms with van der Waals surface area (Å²) in [7, 11) is 0. The summed E-state index contributed by atoms with van der Waals surface area (Å²) in [4.78, 5) is 16.2. The smallest absolute Gasteiger partial charge is 0.407 e. The highest BCUT2D eigenvalue weighted by molar-refractivity contribution is 5.65. The van der Waals surface area contributed by atoms with Crippen LogP contribution in [-0.2, 0) is 0 Å². The van der Waals surface area contributed by atoms with Crippen LogP contribution in [0.3, 0.4) is 0 Å². The van der Waals surface area contributed by atoms with Crippen LogP contribution in [0.4, 0.5) is 4.79 Å². The van der Waals surface area contributed by atoms with E-state index in [4.69, 9.17) is 5.11 Å². The molecule has 1 unspecified atom stereocenters. The van der Waals surface area contributed by atoms with E-state index in [-0.39, 0.29) is 6.04 Å². The van der Waals surface area contributed by atoms with E-state index >= 15 is 0 Å². The van der Waals surface area contributed by atoms with E-state index in [0.29, 0.717) is 12.4 Å². The van der Waals surface area contributed by atoms with Gasteiger partial charge in [-0.1, -0.05) is 5.16 Å². The summed E-state index contributed by atoms with van der Waals surface area (Å²) in [6.45, 7) is 0.550. The quantitative estimate of drug-likeness (QED) is 0.733. The SMILES string of the molecule is O=C(O)N1CCCCC1c1ncon1. The van der Waals surface area contributed by atoms with Crippen LogP contribution in [0, 0.1) is 0 Å². The second kappa shape index (κ2) is 3.65. The maximum absolute atomic E-state index is 10.9. The van der Waals surface area contributed by atoms with Crippen molar-refractivity contribution in [3.05, 3.63) is 12.2 Å². The minimum absolute atomic E-state index is 0.236. The molecule has 1 aromatic heterocycles. The fraction of sp³-hybridized carbons (Fsp3) is 0.625. The molecule has 1 aliphatic heterocycles. The molecule has 1 saturated heterocycles. The molecule has 0 spiro atoms. The Morgan fingerprint density at radius 1 is 1.64 bits per heavy atom. The summed E-state index contributed by atoms with van der Waals surface area (Å²) in [5, 5.41) is 12.6. The Morgan fingerprint density at radius 2 is 2.50 bits per heavy atom. The largest absolute Gasteiger partial charge is 0.465 e. The van der Waals surface area contributed by atoms with Crippen molar-refractivity contribution in [1.29, 1.82) is 0 Å². The Hall–Kier alpha value is -1.59. The molecule has 1 atom stereocenters. The minimum Gasteiger partial charge on any atom is -0.465 e. The van der Waals surface area contributed by atoms with E-state index in [1.54, 1.807) is 0 Å². The molecule has 1 aliphatic rings. The van der Waals surface area contributed by atoms with Gasteiger partial charge < -0.3 is 9.63 Å². The maximum Gasteiger partial charge on any atom is 0.407 e. The second-order valence-corrected chi connectivity index (χ2v) is 3.28. The summed E-state index contributed by atoms with van der Waals surface area (Å²) in [5.74, 6) is 0.465. The fourth-order valence-electron chi connectivity index (χ4n) is 1.75. The Labute approximate surface area is 80.5 Å². The van der Waals surface area contributed by atoms with Crippen molar-refractivity contribution in [2.24, 2.45) is 0 Å². The zero-order valence-corrected chi connectivity index (χ0v) is 7.59. The lowest BCUT2D eigenvalue weighted by Gasteiger charge is -2.31. The number of carbonyl (C=O) groups is 1. The summed E-state index contributed by atoms with van der Waals surface area (Å²) < 4.78 is 4.62. The van der Waals surface area contributed by atoms with E-state index in [1.165, 1.54) is 11.3 Å². The molecule has 6 heteroatoms. The van der Waals surface area contributed by atoms with Crippen molar-refractivity contribution in [2.75, 3.05) is 6.54 Å². The van der Waals surface area contributed by atoms with Crippen molar-refractivity contribution < 1.29 is 14.4 Å². The van der Waals surface area contributed by atoms with Gasteiger partial charge in [-0.25, -0.2) is 4.79 Å². The van der Waals surface area contributed by atoms with Crippen LogP contribution in [-0.4, -0.2) is 32.8 Å². The van der Waals surface area contributed by atoms with E-state index in [9.17, 15) is 4.79 Å². The van der Waals surface area contributed by atoms with Crippen molar-refractivity contribution in [3.63, 3.8) is 0 Å². The maximum atomic E-state index is 10.9. The normalized spacial score (nSPS) is 22.3. The zero-order chi connectivity index (χ0) is 9.97. The number of aromatic nitrogens is 2. The van der Waals surface area contributed by atoms with Gasteiger partial charge in [0.2, 0.25) is 6.39 Å². The van der Waals surface area contributed by atoms with E-state index in [2.05, 4.69) is 14.7 Å². The molecular formula is C8H11N3O3. The molecule has 0 aliphatic carbocycles. The van der Waals surface area contributed by atoms with Gasteiger partial charge in [-0.2, -0.15) is 4.98 Å². The molecule has 1 aromatic rings. The molecule has 1 amide bonds. The lowest BCUT2D eigenvalue weighted by atomic mass is 10.0. The summed E-state index contributed by atoms with van der Waals surface area (Å²) >= 11 is 0. The molecule has 2 rings (SSSR count). The van der Waals surface area contributed by atoms with Crippen LogP contribution < -0.4 is 0 Å². The number of rotatable bonds is 1. The van der Waals surface area contributed by atoms with Crippen LogP contribution >= 0.6 is 0 Å². The van der Waals surface area contributed by atoms with Crippen LogP contribution in [0.25, 0.3) is 0 Å². The molecule has 0 bridgehead atoms. The average molecular weight is 197 g/mol. The Balaban J connectivity index is 2.18. The van der Waals surface area contributed by atoms with Gasteiger partial charge >= 0.3 is 6.09 Å². The standard InChI is InChI=1S/C8H11N3O3/c12-8(13)11-4-2-1-3-6(11)7-9-5-14-10-7/h5-6H,1-4H2,(H,12,13). The number of nitrogens with zero attached hydrogens (tertiary/aromatic N) is 3. The Kier molecular flexibility index (Phi) is 2.34. The van der Waals surface area contributed by atoms with Gasteiger partial charge in [0.25, 0.3) is 0 Å². The number of carboxylic acid groups (broad SMARTS) is 1. The predicted molar refractivity (Wildman–Crippen MR) is 45.6 cm³/mol. The molecule has 0 saturated carbocycles. The molecule has 0 radical (unpaired) electrons. The molecule has 2 heterocycles. The Bertz CT molecular complexity index is 312. The topological polar surface area (TPSA) is 79.5 Å². The molecule has 1 N–H and O–H groups in total.